The molecule has 0 radical (unpaired) electrons. The summed E-state index contributed by atoms with van der Waals surface area (Å²) < 4.78 is 5.05. The van der Waals surface area contributed by atoms with Gasteiger partial charge in [-0.15, -0.1) is 0 Å². The Labute approximate surface area is 111 Å². The number of carboxylic acid groups (broad SMARTS) is 1. The predicted molar refractivity (Wildman–Crippen MR) is 70.4 cm³/mol. The van der Waals surface area contributed by atoms with Crippen LogP contribution in [0.2, 0.25) is 0 Å². The van der Waals surface area contributed by atoms with Gasteiger partial charge in [-0.2, -0.15) is 12.6 Å². The van der Waals surface area contributed by atoms with E-state index >= 15 is 0 Å². The number of carboxylic acids is 1. The molecule has 98 valence electrons. The smallest absolute Gasteiger partial charge is 0.326 e. The fraction of sp³-hybridized carbons (Fsp3) is 0.333. The van der Waals surface area contributed by atoms with Gasteiger partial charge in [-0.1, -0.05) is 12.1 Å². The van der Waals surface area contributed by atoms with Crippen LogP contribution in [0.15, 0.2) is 24.3 Å². The van der Waals surface area contributed by atoms with Crippen LogP contribution in [-0.2, 0) is 4.79 Å². The van der Waals surface area contributed by atoms with Gasteiger partial charge in [0.15, 0.2) is 0 Å². The zero-order chi connectivity index (χ0) is 13.5. The van der Waals surface area contributed by atoms with Crippen molar-refractivity contribution in [3.05, 3.63) is 29.8 Å². The zero-order valence-corrected chi connectivity index (χ0v) is 10.8. The number of ether oxygens (including phenoxy) is 1. The van der Waals surface area contributed by atoms with Gasteiger partial charge in [-0.05, 0) is 24.3 Å². The van der Waals surface area contributed by atoms with Gasteiger partial charge in [0.05, 0.1) is 12.7 Å². The normalized spacial score (nSPS) is 11.7. The van der Waals surface area contributed by atoms with Crippen LogP contribution in [0.3, 0.4) is 0 Å². The Bertz CT molecular complexity index is 436. The highest BCUT2D eigenvalue weighted by Gasteiger charge is 2.21. The Morgan fingerprint density at radius 1 is 1.44 bits per heavy atom. The summed E-state index contributed by atoms with van der Waals surface area (Å²) in [6.45, 7) is 0. The Kier molecular flexibility index (Phi) is 5.51. The van der Waals surface area contributed by atoms with Gasteiger partial charge >= 0.3 is 5.97 Å². The van der Waals surface area contributed by atoms with E-state index in [1.54, 1.807) is 24.3 Å². The molecule has 1 rings (SSSR count). The second-order valence-electron chi connectivity index (χ2n) is 3.58. The maximum absolute atomic E-state index is 11.9. The third kappa shape index (κ3) is 3.66. The highest BCUT2D eigenvalue weighted by atomic mass is 32.1. The third-order valence-electron chi connectivity index (χ3n) is 2.37. The minimum absolute atomic E-state index is 0.263. The van der Waals surface area contributed by atoms with Crippen LogP contribution in [0.4, 0.5) is 0 Å². The average Bonchev–Trinajstić information content (AvgIpc) is 2.37. The number of aliphatic carboxylic acids is 1. The van der Waals surface area contributed by atoms with Gasteiger partial charge in [0, 0.05) is 0 Å². The van der Waals surface area contributed by atoms with E-state index < -0.39 is 17.9 Å². The topological polar surface area (TPSA) is 75.6 Å². The van der Waals surface area contributed by atoms with Crippen molar-refractivity contribution < 1.29 is 19.4 Å². The lowest BCUT2D eigenvalue weighted by atomic mass is 10.1. The maximum atomic E-state index is 11.9. The van der Waals surface area contributed by atoms with Crippen molar-refractivity contribution in [2.45, 2.75) is 12.5 Å². The number of hydrogen-bond acceptors (Lipinski definition) is 4. The summed E-state index contributed by atoms with van der Waals surface area (Å²) in [6, 6.07) is 5.70. The van der Waals surface area contributed by atoms with E-state index in [1.807, 2.05) is 0 Å². The number of para-hydroxylation sites is 1. The van der Waals surface area contributed by atoms with E-state index in [4.69, 9.17) is 9.84 Å². The summed E-state index contributed by atoms with van der Waals surface area (Å²) in [4.78, 5) is 22.9. The number of benzene rings is 1. The molecule has 18 heavy (non-hydrogen) atoms. The molecule has 6 heteroatoms. The minimum Gasteiger partial charge on any atom is -0.496 e. The standard InChI is InChI=1S/C12H15NO4S/c1-17-10-5-3-2-4-8(10)11(14)13-9(6-7-18)12(15)16/h2-5,9,18H,6-7H2,1H3,(H,13,14)(H,15,16)/t9-/m0/s1. The van der Waals surface area contributed by atoms with Crippen molar-refractivity contribution >= 4 is 24.5 Å². The second-order valence-corrected chi connectivity index (χ2v) is 4.02. The first-order valence-electron chi connectivity index (χ1n) is 5.37. The van der Waals surface area contributed by atoms with E-state index in [2.05, 4.69) is 17.9 Å². The zero-order valence-electron chi connectivity index (χ0n) is 9.92. The van der Waals surface area contributed by atoms with Gasteiger partial charge < -0.3 is 15.2 Å². The molecular formula is C12H15NO4S. The fourth-order valence-electron chi connectivity index (χ4n) is 1.45. The first-order valence-corrected chi connectivity index (χ1v) is 6.01. The van der Waals surface area contributed by atoms with Crippen molar-refractivity contribution in [2.24, 2.45) is 0 Å². The Morgan fingerprint density at radius 3 is 2.67 bits per heavy atom. The van der Waals surface area contributed by atoms with Gasteiger partial charge in [0.2, 0.25) is 0 Å². The van der Waals surface area contributed by atoms with Crippen LogP contribution in [0, 0.1) is 0 Å². The van der Waals surface area contributed by atoms with Crippen molar-refractivity contribution in [3.8, 4) is 5.75 Å². The van der Waals surface area contributed by atoms with E-state index in [9.17, 15) is 9.59 Å². The van der Waals surface area contributed by atoms with Crippen LogP contribution >= 0.6 is 12.6 Å². The summed E-state index contributed by atoms with van der Waals surface area (Å²) in [5.41, 5.74) is 0.311. The van der Waals surface area contributed by atoms with Crippen molar-refractivity contribution in [1.29, 1.82) is 0 Å². The van der Waals surface area contributed by atoms with Crippen LogP contribution in [0.1, 0.15) is 16.8 Å². The van der Waals surface area contributed by atoms with E-state index in [0.29, 0.717) is 17.1 Å². The first-order chi connectivity index (χ1) is 8.60. The number of rotatable bonds is 6. The highest BCUT2D eigenvalue weighted by molar-refractivity contribution is 7.80. The molecule has 1 aromatic rings. The van der Waals surface area contributed by atoms with Crippen LogP contribution in [-0.4, -0.2) is 35.9 Å². The molecule has 0 saturated heterocycles. The molecule has 0 aliphatic rings. The molecule has 0 unspecified atom stereocenters. The number of hydrogen-bond donors (Lipinski definition) is 3. The third-order valence-corrected chi connectivity index (χ3v) is 2.63. The molecule has 0 aliphatic heterocycles. The number of thiol groups is 1. The molecule has 0 bridgehead atoms. The van der Waals surface area contributed by atoms with Crippen LogP contribution in [0.25, 0.3) is 0 Å². The Hall–Kier alpha value is -1.69. The highest BCUT2D eigenvalue weighted by Crippen LogP contribution is 2.17. The molecule has 1 aromatic carbocycles. The number of amides is 1. The van der Waals surface area contributed by atoms with Gasteiger partial charge in [-0.3, -0.25) is 4.79 Å². The summed E-state index contributed by atoms with van der Waals surface area (Å²) in [5.74, 6) is -0.762. The molecule has 5 nitrogen and oxygen atoms in total. The molecule has 0 spiro atoms. The number of methoxy groups -OCH3 is 1. The minimum atomic E-state index is -1.08. The summed E-state index contributed by atoms with van der Waals surface area (Å²) in [5, 5.41) is 11.4. The largest absolute Gasteiger partial charge is 0.496 e. The molecule has 2 N–H and O–H groups in total. The monoisotopic (exact) mass is 269 g/mol. The molecule has 1 atom stereocenters. The summed E-state index contributed by atoms with van der Waals surface area (Å²) >= 11 is 3.96. The van der Waals surface area contributed by atoms with E-state index in [1.165, 1.54) is 7.11 Å². The first kappa shape index (κ1) is 14.4. The molecular weight excluding hydrogens is 254 g/mol. The van der Waals surface area contributed by atoms with Gasteiger partial charge in [0.1, 0.15) is 11.8 Å². The second kappa shape index (κ2) is 6.90. The van der Waals surface area contributed by atoms with Crippen molar-refractivity contribution in [3.63, 3.8) is 0 Å². The van der Waals surface area contributed by atoms with Crippen molar-refractivity contribution in [2.75, 3.05) is 12.9 Å². The average molecular weight is 269 g/mol. The lowest BCUT2D eigenvalue weighted by Crippen LogP contribution is -2.41. The Morgan fingerprint density at radius 2 is 2.11 bits per heavy atom. The molecule has 0 aromatic heterocycles. The summed E-state index contributed by atoms with van der Waals surface area (Å²) in [6.07, 6.45) is 0.263. The van der Waals surface area contributed by atoms with Crippen LogP contribution < -0.4 is 10.1 Å². The Balaban J connectivity index is 2.83. The number of carbonyl (C=O) groups excluding carboxylic acids is 1. The molecule has 0 saturated carbocycles. The van der Waals surface area contributed by atoms with Crippen molar-refractivity contribution in [1.82, 2.24) is 5.32 Å². The van der Waals surface area contributed by atoms with Gasteiger partial charge in [0.25, 0.3) is 5.91 Å². The lowest BCUT2D eigenvalue weighted by Gasteiger charge is -2.14. The molecule has 0 heterocycles. The molecule has 0 fully saturated rings. The number of carbonyl (C=O) groups is 2. The van der Waals surface area contributed by atoms with E-state index in [0.717, 1.165) is 0 Å². The quantitative estimate of drug-likeness (QED) is 0.678. The molecule has 1 amide bonds. The van der Waals surface area contributed by atoms with E-state index in [-0.39, 0.29) is 6.42 Å². The number of nitrogens with one attached hydrogen (secondary N) is 1. The lowest BCUT2D eigenvalue weighted by molar-refractivity contribution is -0.139. The predicted octanol–water partition coefficient (Wildman–Crippen LogP) is 1.20. The SMILES string of the molecule is COc1ccccc1C(=O)N[C@@H](CCS)C(=O)O. The maximum Gasteiger partial charge on any atom is 0.326 e. The summed E-state index contributed by atoms with van der Waals surface area (Å²) in [7, 11) is 1.45. The molecule has 0 aliphatic carbocycles. The fourth-order valence-corrected chi connectivity index (χ4v) is 1.71. The van der Waals surface area contributed by atoms with Crippen LogP contribution in [0.5, 0.6) is 5.75 Å². The van der Waals surface area contributed by atoms with Gasteiger partial charge in [-0.25, -0.2) is 4.79 Å².